The predicted octanol–water partition coefficient (Wildman–Crippen LogP) is 4.16. The number of carbonyl (C=O) groups excluding carboxylic acids is 2. The van der Waals surface area contributed by atoms with Crippen molar-refractivity contribution in [1.82, 2.24) is 15.2 Å². The Morgan fingerprint density at radius 1 is 1.18 bits per heavy atom. The number of hydrogen-bond donors (Lipinski definition) is 1. The maximum absolute atomic E-state index is 13.5. The third kappa shape index (κ3) is 4.88. The van der Waals surface area contributed by atoms with E-state index in [2.05, 4.69) is 17.2 Å². The molecule has 2 aromatic rings. The van der Waals surface area contributed by atoms with Gasteiger partial charge in [-0.05, 0) is 67.5 Å². The summed E-state index contributed by atoms with van der Waals surface area (Å²) in [6.45, 7) is 2.41. The van der Waals surface area contributed by atoms with Crippen molar-refractivity contribution in [2.75, 3.05) is 6.61 Å². The van der Waals surface area contributed by atoms with E-state index in [0.717, 1.165) is 42.7 Å². The lowest BCUT2D eigenvalue weighted by Gasteiger charge is -2.43. The highest BCUT2D eigenvalue weighted by Gasteiger charge is 2.53. The van der Waals surface area contributed by atoms with Gasteiger partial charge in [0.05, 0.1) is 12.2 Å². The van der Waals surface area contributed by atoms with E-state index >= 15 is 0 Å². The molecule has 1 aromatic heterocycles. The quantitative estimate of drug-likeness (QED) is 0.742. The molecule has 1 aliphatic carbocycles. The van der Waals surface area contributed by atoms with Crippen LogP contribution in [0.25, 0.3) is 0 Å². The molecule has 2 fully saturated rings. The number of pyridine rings is 1. The summed E-state index contributed by atoms with van der Waals surface area (Å²) in [7, 11) is 0. The van der Waals surface area contributed by atoms with Gasteiger partial charge in [-0.2, -0.15) is 13.2 Å². The van der Waals surface area contributed by atoms with Gasteiger partial charge >= 0.3 is 6.18 Å². The number of rotatable bonds is 4. The van der Waals surface area contributed by atoms with Crippen molar-refractivity contribution in [3.8, 4) is 0 Å². The number of alkyl halides is 3. The number of nitrogens with zero attached hydrogens (tertiary/aromatic N) is 2. The van der Waals surface area contributed by atoms with Crippen molar-refractivity contribution in [1.29, 1.82) is 0 Å². The topological polar surface area (TPSA) is 71.5 Å². The number of aromatic nitrogens is 1. The Kier molecular flexibility index (Phi) is 6.43. The van der Waals surface area contributed by atoms with Crippen LogP contribution in [-0.4, -0.2) is 40.1 Å². The first-order valence-corrected chi connectivity index (χ1v) is 11.0. The molecule has 2 aliphatic rings. The molecule has 176 valence electrons. The molecule has 1 aromatic carbocycles. The largest absolute Gasteiger partial charge is 0.416 e. The van der Waals surface area contributed by atoms with Crippen LogP contribution < -0.4 is 5.32 Å². The van der Waals surface area contributed by atoms with Gasteiger partial charge in [0.2, 0.25) is 5.91 Å². The molecular weight excluding hydrogens is 435 g/mol. The van der Waals surface area contributed by atoms with Gasteiger partial charge in [0.25, 0.3) is 5.91 Å². The highest BCUT2D eigenvalue weighted by atomic mass is 19.4. The van der Waals surface area contributed by atoms with Crippen molar-refractivity contribution in [3.63, 3.8) is 0 Å². The molecule has 9 heteroatoms. The maximum atomic E-state index is 13.5. The van der Waals surface area contributed by atoms with Crippen molar-refractivity contribution >= 4 is 11.8 Å². The summed E-state index contributed by atoms with van der Waals surface area (Å²) < 4.78 is 45.0. The molecule has 1 spiro atoms. The molecule has 1 atom stereocenters. The molecule has 2 heterocycles. The standard InChI is InChI=1S/C24H26F3N3O3/c1-16-8-10-23(11-9-16)30(22(32)18-4-6-19(7-5-18)24(25,26)27)20(15-33-23)21(31)29-14-17-3-2-12-28-13-17/h2-7,12-13,16,20H,8-11,14-15H2,1H3,(H,29,31)/t16?,20-,23?/m1/s1. The Labute approximate surface area is 190 Å². The summed E-state index contributed by atoms with van der Waals surface area (Å²) in [4.78, 5) is 32.1. The zero-order valence-electron chi connectivity index (χ0n) is 18.3. The highest BCUT2D eigenvalue weighted by Crippen LogP contribution is 2.43. The number of nitrogens with one attached hydrogen (secondary N) is 1. The van der Waals surface area contributed by atoms with Gasteiger partial charge in [-0.3, -0.25) is 19.5 Å². The number of benzene rings is 1. The van der Waals surface area contributed by atoms with Crippen molar-refractivity contribution in [2.24, 2.45) is 5.92 Å². The van der Waals surface area contributed by atoms with Gasteiger partial charge in [-0.1, -0.05) is 13.0 Å². The number of hydrogen-bond acceptors (Lipinski definition) is 4. The average Bonchev–Trinajstić information content (AvgIpc) is 3.18. The van der Waals surface area contributed by atoms with E-state index in [0.29, 0.717) is 18.8 Å². The fourth-order valence-corrected chi connectivity index (χ4v) is 4.53. The Hall–Kier alpha value is -2.94. The van der Waals surface area contributed by atoms with Crippen molar-refractivity contribution in [2.45, 2.75) is 57.1 Å². The lowest BCUT2D eigenvalue weighted by atomic mass is 9.83. The first-order chi connectivity index (χ1) is 15.7. The van der Waals surface area contributed by atoms with Crippen molar-refractivity contribution in [3.05, 3.63) is 65.5 Å². The van der Waals surface area contributed by atoms with Gasteiger partial charge in [-0.25, -0.2) is 0 Å². The number of halogens is 3. The molecule has 4 rings (SSSR count). The zero-order chi connectivity index (χ0) is 23.6. The summed E-state index contributed by atoms with van der Waals surface area (Å²) in [6.07, 6.45) is 1.60. The van der Waals surface area contributed by atoms with Gasteiger partial charge < -0.3 is 10.1 Å². The molecular formula is C24H26F3N3O3. The SMILES string of the molecule is CC1CCC2(CC1)OC[C@H](C(=O)NCc1cccnc1)N2C(=O)c1ccc(C(F)(F)F)cc1. The van der Waals surface area contributed by atoms with Gasteiger partial charge in [0.1, 0.15) is 11.8 Å². The normalized spacial score (nSPS) is 25.3. The van der Waals surface area contributed by atoms with E-state index in [9.17, 15) is 22.8 Å². The molecule has 0 unspecified atom stereocenters. The van der Waals surface area contributed by atoms with Gasteiger partial charge in [-0.15, -0.1) is 0 Å². The van der Waals surface area contributed by atoms with E-state index in [1.54, 1.807) is 18.5 Å². The Balaban J connectivity index is 1.58. The number of ether oxygens (including phenoxy) is 1. The monoisotopic (exact) mass is 461 g/mol. The highest BCUT2D eigenvalue weighted by molar-refractivity contribution is 5.98. The lowest BCUT2D eigenvalue weighted by Crippen LogP contribution is -2.56. The predicted molar refractivity (Wildman–Crippen MR) is 114 cm³/mol. The number of amides is 2. The smallest absolute Gasteiger partial charge is 0.353 e. The first kappa shape index (κ1) is 23.2. The van der Waals surface area contributed by atoms with Gasteiger partial charge in [0.15, 0.2) is 0 Å². The molecule has 1 saturated carbocycles. The summed E-state index contributed by atoms with van der Waals surface area (Å²) in [5.41, 5.74) is -0.852. The van der Waals surface area contributed by atoms with Crippen LogP contribution in [0.3, 0.4) is 0 Å². The second kappa shape index (κ2) is 9.13. The second-order valence-electron chi connectivity index (χ2n) is 8.78. The van der Waals surface area contributed by atoms with E-state index in [1.807, 2.05) is 6.07 Å². The van der Waals surface area contributed by atoms with Crippen LogP contribution in [0.15, 0.2) is 48.8 Å². The van der Waals surface area contributed by atoms with Crippen LogP contribution in [0.2, 0.25) is 0 Å². The van der Waals surface area contributed by atoms with Crippen LogP contribution in [0.1, 0.15) is 54.1 Å². The Morgan fingerprint density at radius 3 is 2.48 bits per heavy atom. The molecule has 33 heavy (non-hydrogen) atoms. The van der Waals surface area contributed by atoms with E-state index in [4.69, 9.17) is 4.74 Å². The first-order valence-electron chi connectivity index (χ1n) is 11.0. The zero-order valence-corrected chi connectivity index (χ0v) is 18.3. The average molecular weight is 461 g/mol. The minimum Gasteiger partial charge on any atom is -0.353 e. The minimum absolute atomic E-state index is 0.0413. The van der Waals surface area contributed by atoms with Crippen LogP contribution in [0.5, 0.6) is 0 Å². The van der Waals surface area contributed by atoms with Crippen LogP contribution in [0.4, 0.5) is 13.2 Å². The third-order valence-electron chi connectivity index (χ3n) is 6.49. The maximum Gasteiger partial charge on any atom is 0.416 e. The van der Waals surface area contributed by atoms with Gasteiger partial charge in [0, 0.05) is 24.5 Å². The van der Waals surface area contributed by atoms with Crippen molar-refractivity contribution < 1.29 is 27.5 Å². The summed E-state index contributed by atoms with van der Waals surface area (Å²) in [5, 5.41) is 2.84. The molecule has 1 N–H and O–H groups in total. The third-order valence-corrected chi connectivity index (χ3v) is 6.49. The van der Waals surface area contributed by atoms with Crippen LogP contribution in [0, 0.1) is 5.92 Å². The van der Waals surface area contributed by atoms with Crippen LogP contribution in [-0.2, 0) is 22.3 Å². The Bertz CT molecular complexity index is 988. The lowest BCUT2D eigenvalue weighted by molar-refractivity contribution is -0.137. The van der Waals surface area contributed by atoms with E-state index < -0.39 is 29.4 Å². The molecule has 1 aliphatic heterocycles. The summed E-state index contributed by atoms with van der Waals surface area (Å²) in [6, 6.07) is 6.81. The Morgan fingerprint density at radius 2 is 1.88 bits per heavy atom. The summed E-state index contributed by atoms with van der Waals surface area (Å²) >= 11 is 0. The molecule has 6 nitrogen and oxygen atoms in total. The molecule has 0 radical (unpaired) electrons. The molecule has 1 saturated heterocycles. The van der Waals surface area contributed by atoms with Crippen LogP contribution >= 0.6 is 0 Å². The fourth-order valence-electron chi connectivity index (χ4n) is 4.53. The number of carbonyl (C=O) groups is 2. The van der Waals surface area contributed by atoms with E-state index in [1.165, 1.54) is 4.90 Å². The second-order valence-corrected chi connectivity index (χ2v) is 8.78. The van der Waals surface area contributed by atoms with E-state index in [-0.39, 0.29) is 24.6 Å². The molecule has 2 amide bonds. The fraction of sp³-hybridized carbons (Fsp3) is 0.458. The summed E-state index contributed by atoms with van der Waals surface area (Å²) in [5.74, 6) is -0.396. The minimum atomic E-state index is -4.49. The molecule has 0 bridgehead atoms.